The van der Waals surface area contributed by atoms with Gasteiger partial charge in [0.2, 0.25) is 5.91 Å². The molecule has 4 fully saturated rings. The minimum atomic E-state index is -0.214. The van der Waals surface area contributed by atoms with Gasteiger partial charge < -0.3 is 21.3 Å². The topological polar surface area (TPSA) is 95.6 Å². The van der Waals surface area contributed by atoms with E-state index in [-0.39, 0.29) is 28.9 Å². The van der Waals surface area contributed by atoms with E-state index in [1.54, 1.807) is 0 Å². The first-order valence-electron chi connectivity index (χ1n) is 13.0. The van der Waals surface area contributed by atoms with Crippen LogP contribution in [0.2, 0.25) is 0 Å². The molecule has 4 saturated carbocycles. The molecule has 0 aromatic carbocycles. The van der Waals surface area contributed by atoms with Crippen LogP contribution in [0, 0.1) is 46.3 Å². The smallest absolute Gasteiger partial charge is 0.220 e. The molecule has 0 radical (unpaired) electrons. The molecule has 0 heterocycles. The van der Waals surface area contributed by atoms with Gasteiger partial charge in [-0.3, -0.25) is 4.79 Å². The predicted molar refractivity (Wildman–Crippen MR) is 123 cm³/mol. The van der Waals surface area contributed by atoms with Gasteiger partial charge in [0.1, 0.15) is 0 Å². The van der Waals surface area contributed by atoms with E-state index in [2.05, 4.69) is 26.1 Å². The minimum Gasteiger partial charge on any atom is -0.393 e. The van der Waals surface area contributed by atoms with Gasteiger partial charge in [0, 0.05) is 19.5 Å². The van der Waals surface area contributed by atoms with Crippen LogP contribution in [0.25, 0.3) is 0 Å². The van der Waals surface area contributed by atoms with Gasteiger partial charge in [-0.2, -0.15) is 0 Å². The maximum atomic E-state index is 12.1. The molecule has 0 spiro atoms. The molecule has 1 unspecified atom stereocenters. The van der Waals surface area contributed by atoms with Crippen LogP contribution in [-0.4, -0.2) is 41.4 Å². The molecule has 5 N–H and O–H groups in total. The number of nitrogens with two attached hydrogens (primary N) is 1. The minimum absolute atomic E-state index is 0.127. The third kappa shape index (κ3) is 4.08. The Kier molecular flexibility index (Phi) is 6.78. The Labute approximate surface area is 188 Å². The Morgan fingerprint density at radius 2 is 1.77 bits per heavy atom. The van der Waals surface area contributed by atoms with Crippen molar-refractivity contribution in [3.63, 3.8) is 0 Å². The number of aliphatic hydroxyl groups is 2. The van der Waals surface area contributed by atoms with Gasteiger partial charge in [0.05, 0.1) is 12.2 Å². The Balaban J connectivity index is 1.46. The third-order valence-corrected chi connectivity index (χ3v) is 10.7. The van der Waals surface area contributed by atoms with Crippen LogP contribution >= 0.6 is 0 Å². The summed E-state index contributed by atoms with van der Waals surface area (Å²) in [6.45, 7) is 8.38. The van der Waals surface area contributed by atoms with Crippen molar-refractivity contribution in [3.05, 3.63) is 0 Å². The van der Waals surface area contributed by atoms with Gasteiger partial charge in [0.25, 0.3) is 0 Å². The molecule has 0 bridgehead atoms. The fourth-order valence-electron chi connectivity index (χ4n) is 9.04. The van der Waals surface area contributed by atoms with Crippen molar-refractivity contribution in [2.75, 3.05) is 13.1 Å². The highest BCUT2D eigenvalue weighted by atomic mass is 16.3. The van der Waals surface area contributed by atoms with Gasteiger partial charge in [-0.25, -0.2) is 0 Å². The maximum Gasteiger partial charge on any atom is 0.220 e. The first-order chi connectivity index (χ1) is 14.7. The SMILES string of the molecule is C[C@H](CCC(=O)NCCN)[C@@H]1CC[C@H]2C3[C@H](O)C[C@@H]4C[C@H](O)CC[C@]4(C)[C@@H]3CC[C@@]21C. The molecule has 5 nitrogen and oxygen atoms in total. The number of hydrogen-bond donors (Lipinski definition) is 4. The first-order valence-corrected chi connectivity index (χ1v) is 13.0. The number of rotatable bonds is 6. The second kappa shape index (κ2) is 8.95. The molecule has 5 heteroatoms. The molecule has 31 heavy (non-hydrogen) atoms. The monoisotopic (exact) mass is 434 g/mol. The highest BCUT2D eigenvalue weighted by molar-refractivity contribution is 5.75. The average molecular weight is 435 g/mol. The second-order valence-electron chi connectivity index (χ2n) is 12.1. The number of amides is 1. The molecule has 4 aliphatic rings. The summed E-state index contributed by atoms with van der Waals surface area (Å²) in [7, 11) is 0. The lowest BCUT2D eigenvalue weighted by Crippen LogP contribution is -2.58. The molecule has 0 aromatic rings. The lowest BCUT2D eigenvalue weighted by molar-refractivity contribution is -0.174. The molecule has 178 valence electrons. The van der Waals surface area contributed by atoms with E-state index in [1.165, 1.54) is 25.7 Å². The van der Waals surface area contributed by atoms with E-state index in [9.17, 15) is 15.0 Å². The van der Waals surface area contributed by atoms with Gasteiger partial charge >= 0.3 is 0 Å². The molecule has 4 aliphatic carbocycles. The lowest BCUT2D eigenvalue weighted by atomic mass is 9.43. The highest BCUT2D eigenvalue weighted by Gasteiger charge is 2.62. The fraction of sp³-hybridized carbons (Fsp3) is 0.962. The van der Waals surface area contributed by atoms with E-state index >= 15 is 0 Å². The fourth-order valence-corrected chi connectivity index (χ4v) is 9.04. The van der Waals surface area contributed by atoms with Crippen molar-refractivity contribution in [3.8, 4) is 0 Å². The van der Waals surface area contributed by atoms with Crippen molar-refractivity contribution < 1.29 is 15.0 Å². The number of hydrogen-bond acceptors (Lipinski definition) is 4. The van der Waals surface area contributed by atoms with Crippen LogP contribution in [0.5, 0.6) is 0 Å². The van der Waals surface area contributed by atoms with Crippen molar-refractivity contribution >= 4 is 5.91 Å². The maximum absolute atomic E-state index is 12.1. The van der Waals surface area contributed by atoms with Gasteiger partial charge in [-0.15, -0.1) is 0 Å². The van der Waals surface area contributed by atoms with Crippen LogP contribution in [-0.2, 0) is 4.79 Å². The zero-order valence-electron chi connectivity index (χ0n) is 20.0. The van der Waals surface area contributed by atoms with Gasteiger partial charge in [-0.05, 0) is 104 Å². The molecular formula is C26H46N2O3. The number of fused-ring (bicyclic) bond motifs is 5. The first kappa shape index (κ1) is 23.5. The normalized spacial score (nSPS) is 47.7. The Bertz CT molecular complexity index is 657. The quantitative estimate of drug-likeness (QED) is 0.515. The molecule has 0 saturated heterocycles. The van der Waals surface area contributed by atoms with Crippen molar-refractivity contribution in [1.82, 2.24) is 5.32 Å². The van der Waals surface area contributed by atoms with E-state index in [0.29, 0.717) is 55.0 Å². The van der Waals surface area contributed by atoms with Crippen molar-refractivity contribution in [2.45, 2.75) is 97.2 Å². The summed E-state index contributed by atoms with van der Waals surface area (Å²) >= 11 is 0. The second-order valence-corrected chi connectivity index (χ2v) is 12.1. The molecule has 10 atom stereocenters. The zero-order chi connectivity index (χ0) is 22.4. The van der Waals surface area contributed by atoms with Crippen LogP contribution < -0.4 is 11.1 Å². The molecule has 0 aliphatic heterocycles. The van der Waals surface area contributed by atoms with Crippen LogP contribution in [0.15, 0.2) is 0 Å². The van der Waals surface area contributed by atoms with Crippen LogP contribution in [0.4, 0.5) is 0 Å². The number of carbonyl (C=O) groups is 1. The predicted octanol–water partition coefficient (Wildman–Crippen LogP) is 3.47. The summed E-state index contributed by atoms with van der Waals surface area (Å²) in [6.07, 6.45) is 9.90. The summed E-state index contributed by atoms with van der Waals surface area (Å²) in [4.78, 5) is 12.1. The van der Waals surface area contributed by atoms with Crippen molar-refractivity contribution in [1.29, 1.82) is 0 Å². The summed E-state index contributed by atoms with van der Waals surface area (Å²) in [5, 5.41) is 24.5. The van der Waals surface area contributed by atoms with Crippen molar-refractivity contribution in [2.24, 2.45) is 52.1 Å². The average Bonchev–Trinajstić information content (AvgIpc) is 3.09. The van der Waals surface area contributed by atoms with E-state index in [4.69, 9.17) is 5.73 Å². The number of nitrogens with one attached hydrogen (secondary N) is 1. The standard InChI is InChI=1S/C26H46N2O3/c1-16(4-7-23(31)28-13-12-27)19-5-6-20-24-21(9-11-26(19,20)3)25(2)10-8-18(29)14-17(25)15-22(24)30/h16-22,24,29-30H,4-15,27H2,1-3H3,(H,28,31)/t16-,17+,18-,19+,20+,21-,22-,24?,25+,26-/m1/s1. The van der Waals surface area contributed by atoms with Crippen LogP contribution in [0.1, 0.15) is 85.0 Å². The van der Waals surface area contributed by atoms with Crippen LogP contribution in [0.3, 0.4) is 0 Å². The Morgan fingerprint density at radius 1 is 1.06 bits per heavy atom. The zero-order valence-corrected chi connectivity index (χ0v) is 20.0. The Morgan fingerprint density at radius 3 is 2.52 bits per heavy atom. The molecule has 0 aromatic heterocycles. The summed E-state index contributed by atoms with van der Waals surface area (Å²) in [5.74, 6) is 3.39. The lowest BCUT2D eigenvalue weighted by Gasteiger charge is -2.62. The summed E-state index contributed by atoms with van der Waals surface area (Å²) < 4.78 is 0. The van der Waals surface area contributed by atoms with E-state index in [0.717, 1.165) is 32.1 Å². The summed E-state index contributed by atoms with van der Waals surface area (Å²) in [5.41, 5.74) is 6.07. The summed E-state index contributed by atoms with van der Waals surface area (Å²) in [6, 6.07) is 0. The number of carbonyl (C=O) groups excluding carboxylic acids is 1. The number of aliphatic hydroxyl groups excluding tert-OH is 2. The molecule has 1 amide bonds. The third-order valence-electron chi connectivity index (χ3n) is 10.7. The van der Waals surface area contributed by atoms with E-state index in [1.807, 2.05) is 0 Å². The van der Waals surface area contributed by atoms with Gasteiger partial charge in [0.15, 0.2) is 0 Å². The highest BCUT2D eigenvalue weighted by Crippen LogP contribution is 2.68. The Hall–Kier alpha value is -0.650. The molecule has 4 rings (SSSR count). The van der Waals surface area contributed by atoms with Gasteiger partial charge in [-0.1, -0.05) is 20.8 Å². The van der Waals surface area contributed by atoms with E-state index < -0.39 is 0 Å². The largest absolute Gasteiger partial charge is 0.393 e. The molecular weight excluding hydrogens is 388 g/mol.